The third kappa shape index (κ3) is 8.37. The summed E-state index contributed by atoms with van der Waals surface area (Å²) in [5, 5.41) is 0. The molecule has 4 fully saturated rings. The van der Waals surface area contributed by atoms with Crippen molar-refractivity contribution in [1.82, 2.24) is 4.90 Å². The summed E-state index contributed by atoms with van der Waals surface area (Å²) in [5.74, 6) is 0.203. The number of cyclic esters (lactones) is 1. The average molecular weight is 716 g/mol. The van der Waals surface area contributed by atoms with E-state index in [4.69, 9.17) is 33.2 Å². The number of likely N-dealkylation sites (N-methyl/N-ethyl adjacent to an activating group) is 1. The SMILES string of the molecule is CC[C@H]1CCC[C@H](O[C@H]2CC[C@H](N(C)C)[C@@H](C)O2)[C@@H](C)C(=O)C2=C[C@@H]3[C@H](C=C(C)[C@H]4C[C@H](O[C@@H]5O[C@@H](C)[C@H](OC)C[C@H]5OC)C[C@H]34)[C@@H]2CC(=O)O1. The Balaban J connectivity index is 1.22. The molecule has 10 heteroatoms. The monoisotopic (exact) mass is 715 g/mol. The zero-order chi connectivity index (χ0) is 36.6. The van der Waals surface area contributed by atoms with Gasteiger partial charge in [0.05, 0.1) is 36.9 Å². The number of allylic oxidation sites excluding steroid dienone is 4. The zero-order valence-electron chi connectivity index (χ0n) is 32.6. The van der Waals surface area contributed by atoms with Gasteiger partial charge in [0.25, 0.3) is 0 Å². The van der Waals surface area contributed by atoms with Crippen LogP contribution in [0.5, 0.6) is 0 Å². The van der Waals surface area contributed by atoms with Crippen molar-refractivity contribution in [1.29, 1.82) is 0 Å². The fourth-order valence-electron chi connectivity index (χ4n) is 10.4. The summed E-state index contributed by atoms with van der Waals surface area (Å²) in [7, 11) is 7.60. The van der Waals surface area contributed by atoms with Crippen molar-refractivity contribution in [3.8, 4) is 0 Å². The van der Waals surface area contributed by atoms with Gasteiger partial charge in [0.1, 0.15) is 12.2 Å². The number of ether oxygens (including phenoxy) is 7. The highest BCUT2D eigenvalue weighted by Gasteiger charge is 2.52. The number of carbonyl (C=O) groups is 2. The molecule has 288 valence electrons. The van der Waals surface area contributed by atoms with Crippen molar-refractivity contribution in [2.45, 2.75) is 160 Å². The van der Waals surface area contributed by atoms with Gasteiger partial charge in [-0.3, -0.25) is 9.59 Å². The number of Topliss-reactive ketones (excluding diaryl/α,β-unsaturated/α-hetero) is 1. The van der Waals surface area contributed by atoms with Crippen LogP contribution < -0.4 is 0 Å². The third-order valence-electron chi connectivity index (χ3n) is 13.4. The Morgan fingerprint density at radius 2 is 1.59 bits per heavy atom. The Kier molecular flexibility index (Phi) is 12.8. The van der Waals surface area contributed by atoms with E-state index in [1.807, 2.05) is 13.8 Å². The first-order chi connectivity index (χ1) is 24.4. The van der Waals surface area contributed by atoms with Gasteiger partial charge in [-0.15, -0.1) is 0 Å². The van der Waals surface area contributed by atoms with Gasteiger partial charge in [-0.2, -0.15) is 0 Å². The number of esters is 1. The van der Waals surface area contributed by atoms with E-state index in [-0.39, 0.29) is 90.9 Å². The van der Waals surface area contributed by atoms with E-state index >= 15 is 0 Å². The molecule has 0 aromatic heterocycles. The molecule has 1 saturated carbocycles. The molecule has 0 spiro atoms. The van der Waals surface area contributed by atoms with E-state index in [1.54, 1.807) is 14.2 Å². The van der Waals surface area contributed by atoms with Gasteiger partial charge in [-0.1, -0.05) is 31.6 Å². The van der Waals surface area contributed by atoms with Crippen molar-refractivity contribution in [2.24, 2.45) is 35.5 Å². The number of hydrogen-bond donors (Lipinski definition) is 0. The smallest absolute Gasteiger partial charge is 0.306 e. The second-order valence-corrected chi connectivity index (χ2v) is 16.6. The summed E-state index contributed by atoms with van der Waals surface area (Å²) >= 11 is 0. The van der Waals surface area contributed by atoms with Gasteiger partial charge in [-0.05, 0) is 115 Å². The summed E-state index contributed by atoms with van der Waals surface area (Å²) in [4.78, 5) is 30.4. The summed E-state index contributed by atoms with van der Waals surface area (Å²) in [6.07, 6.45) is 10.7. The topological polar surface area (TPSA) is 102 Å². The quantitative estimate of drug-likeness (QED) is 0.212. The second-order valence-electron chi connectivity index (χ2n) is 16.6. The molecule has 3 aliphatic heterocycles. The fraction of sp³-hybridized carbons (Fsp3) is 0.854. The maximum atomic E-state index is 14.7. The lowest BCUT2D eigenvalue weighted by molar-refractivity contribution is -0.281. The van der Waals surface area contributed by atoms with E-state index in [1.165, 1.54) is 5.57 Å². The summed E-state index contributed by atoms with van der Waals surface area (Å²) in [6, 6.07) is 0.344. The van der Waals surface area contributed by atoms with Crippen LogP contribution in [0.2, 0.25) is 0 Å². The maximum Gasteiger partial charge on any atom is 0.306 e. The molecule has 0 aromatic rings. The molecule has 3 heterocycles. The minimum absolute atomic E-state index is 0.00807. The Hall–Kier alpha value is -1.66. The predicted octanol–water partition coefficient (Wildman–Crippen LogP) is 6.25. The van der Waals surface area contributed by atoms with Gasteiger partial charge in [0.2, 0.25) is 0 Å². The Morgan fingerprint density at radius 3 is 2.27 bits per heavy atom. The van der Waals surface area contributed by atoms with Crippen LogP contribution in [0.1, 0.15) is 98.8 Å². The largest absolute Gasteiger partial charge is 0.462 e. The van der Waals surface area contributed by atoms with Gasteiger partial charge >= 0.3 is 5.97 Å². The van der Waals surface area contributed by atoms with E-state index in [0.29, 0.717) is 17.9 Å². The van der Waals surface area contributed by atoms with Crippen molar-refractivity contribution >= 4 is 11.8 Å². The number of ketones is 1. The zero-order valence-corrected chi connectivity index (χ0v) is 32.6. The average Bonchev–Trinajstić information content (AvgIpc) is 3.68. The van der Waals surface area contributed by atoms with Crippen LogP contribution in [0.25, 0.3) is 0 Å². The number of fused-ring (bicyclic) bond motifs is 5. The molecule has 0 bridgehead atoms. The van der Waals surface area contributed by atoms with Crippen molar-refractivity contribution in [3.63, 3.8) is 0 Å². The first kappa shape index (κ1) is 39.0. The van der Waals surface area contributed by atoms with Crippen molar-refractivity contribution in [3.05, 3.63) is 23.3 Å². The number of rotatable bonds is 8. The Labute approximate surface area is 306 Å². The molecule has 0 aromatic carbocycles. The highest BCUT2D eigenvalue weighted by molar-refractivity contribution is 5.99. The molecular weight excluding hydrogens is 650 g/mol. The maximum absolute atomic E-state index is 14.7. The third-order valence-corrected chi connectivity index (χ3v) is 13.4. The molecule has 6 aliphatic rings. The summed E-state index contributed by atoms with van der Waals surface area (Å²) in [5.41, 5.74) is 2.11. The second kappa shape index (κ2) is 16.8. The molecule has 0 radical (unpaired) electrons. The first-order valence-corrected chi connectivity index (χ1v) is 19.9. The van der Waals surface area contributed by atoms with Crippen LogP contribution in [0.3, 0.4) is 0 Å². The molecular formula is C41H65NO9. The molecule has 16 atom stereocenters. The van der Waals surface area contributed by atoms with E-state index < -0.39 is 6.29 Å². The molecule has 6 rings (SSSR count). The van der Waals surface area contributed by atoms with Gasteiger partial charge in [-0.25, -0.2) is 0 Å². The molecule has 3 saturated heterocycles. The molecule has 0 amide bonds. The van der Waals surface area contributed by atoms with Crippen LogP contribution in [0.4, 0.5) is 0 Å². The number of nitrogens with zero attached hydrogens (tertiary/aromatic N) is 1. The Bertz CT molecular complexity index is 1280. The van der Waals surface area contributed by atoms with Crippen LogP contribution in [-0.2, 0) is 42.7 Å². The fourth-order valence-corrected chi connectivity index (χ4v) is 10.4. The van der Waals surface area contributed by atoms with E-state index in [9.17, 15) is 9.59 Å². The van der Waals surface area contributed by atoms with Gasteiger partial charge in [0.15, 0.2) is 18.4 Å². The lowest BCUT2D eigenvalue weighted by atomic mass is 9.67. The normalized spacial score (nSPS) is 45.1. The number of hydrogen-bond acceptors (Lipinski definition) is 10. The first-order valence-electron chi connectivity index (χ1n) is 19.9. The van der Waals surface area contributed by atoms with Crippen molar-refractivity contribution < 1.29 is 42.7 Å². The van der Waals surface area contributed by atoms with Gasteiger partial charge < -0.3 is 38.1 Å². The highest BCUT2D eigenvalue weighted by Crippen LogP contribution is 2.56. The Morgan fingerprint density at radius 1 is 0.824 bits per heavy atom. The molecule has 0 unspecified atom stereocenters. The minimum atomic E-state index is -0.455. The molecule has 0 N–H and O–H groups in total. The number of methoxy groups -OCH3 is 2. The molecule has 3 aliphatic carbocycles. The summed E-state index contributed by atoms with van der Waals surface area (Å²) < 4.78 is 43.6. The standard InChI is InChI=1S/C41H65NO9/c1-10-26-12-11-13-35(51-39-15-14-34(42(6)7)24(4)47-39)23(3)40(44)33-19-31-29(32(33)20-38(43)49-26)16-22(2)28-17-27(18-30(28)31)50-41-37(46-9)21-36(45-8)25(5)48-41/h16,19,23-32,34-37,39,41H,10-15,17-18,20-21H2,1-9H3/t23-,24-,25+,26+,27+,28-,29+,30+,31-,32+,34+,35+,36-,37-,39+,41+/m1/s1. The minimum Gasteiger partial charge on any atom is -0.462 e. The lowest BCUT2D eigenvalue weighted by Gasteiger charge is -2.40. The van der Waals surface area contributed by atoms with E-state index in [2.05, 4.69) is 51.9 Å². The summed E-state index contributed by atoms with van der Waals surface area (Å²) in [6.45, 7) is 10.5. The predicted molar refractivity (Wildman–Crippen MR) is 193 cm³/mol. The van der Waals surface area contributed by atoms with Crippen LogP contribution >= 0.6 is 0 Å². The van der Waals surface area contributed by atoms with Crippen LogP contribution in [0.15, 0.2) is 23.3 Å². The van der Waals surface area contributed by atoms with E-state index in [0.717, 1.165) is 63.4 Å². The van der Waals surface area contributed by atoms with Crippen LogP contribution in [-0.4, -0.2) is 106 Å². The van der Waals surface area contributed by atoms with Gasteiger partial charge in [0, 0.05) is 38.5 Å². The van der Waals surface area contributed by atoms with Crippen molar-refractivity contribution in [2.75, 3.05) is 28.3 Å². The van der Waals surface area contributed by atoms with Crippen LogP contribution in [0, 0.1) is 35.5 Å². The lowest BCUT2D eigenvalue weighted by Crippen LogP contribution is -2.49. The molecule has 51 heavy (non-hydrogen) atoms. The highest BCUT2D eigenvalue weighted by atomic mass is 16.7. The molecule has 10 nitrogen and oxygen atoms in total. The number of carbonyl (C=O) groups excluding carboxylic acids is 2.